The Hall–Kier alpha value is -1.62. The summed E-state index contributed by atoms with van der Waals surface area (Å²) >= 11 is 0. The van der Waals surface area contributed by atoms with Crippen molar-refractivity contribution in [3.05, 3.63) is 35.9 Å². The number of ether oxygens (including phenoxy) is 1. The maximum atomic E-state index is 12.3. The van der Waals surface area contributed by atoms with Gasteiger partial charge in [0.1, 0.15) is 13.3 Å². The van der Waals surface area contributed by atoms with E-state index in [4.69, 9.17) is 4.74 Å². The van der Waals surface area contributed by atoms with E-state index in [1.807, 2.05) is 35.2 Å². The van der Waals surface area contributed by atoms with Crippen LogP contribution in [-0.2, 0) is 11.3 Å². The maximum Gasteiger partial charge on any atom is 0.407 e. The van der Waals surface area contributed by atoms with Crippen LogP contribution in [0, 0.1) is 0 Å². The average molecular weight is 280 g/mol. The largest absolute Gasteiger partial charge is 0.445 e. The normalized spacial score (nSPS) is 19.6. The van der Waals surface area contributed by atoms with Gasteiger partial charge < -0.3 is 10.1 Å². The average Bonchev–Trinajstić information content (AvgIpc) is 2.47. The number of hydrogen-bond acceptors (Lipinski definition) is 3. The number of carbonyl (C=O) groups is 1. The highest BCUT2D eigenvalue weighted by molar-refractivity contribution is 5.67. The quantitative estimate of drug-likeness (QED) is 0.900. The first-order valence-corrected chi connectivity index (χ1v) is 7.03. The van der Waals surface area contributed by atoms with Crippen molar-refractivity contribution in [1.29, 1.82) is 0 Å². The highest BCUT2D eigenvalue weighted by atomic mass is 19.1. The van der Waals surface area contributed by atoms with Gasteiger partial charge in [-0.15, -0.1) is 0 Å². The van der Waals surface area contributed by atoms with Gasteiger partial charge in [0.15, 0.2) is 0 Å². The Bertz CT molecular complexity index is 412. The lowest BCUT2D eigenvalue weighted by Crippen LogP contribution is -2.48. The zero-order valence-electron chi connectivity index (χ0n) is 11.6. The molecular weight excluding hydrogens is 259 g/mol. The van der Waals surface area contributed by atoms with Crippen molar-refractivity contribution in [2.45, 2.75) is 25.5 Å². The molecule has 1 amide bonds. The van der Waals surface area contributed by atoms with E-state index in [2.05, 4.69) is 5.32 Å². The number of rotatable bonds is 5. The predicted octanol–water partition coefficient (Wildman–Crippen LogP) is 2.35. The molecule has 1 aromatic rings. The minimum atomic E-state index is -0.402. The minimum absolute atomic E-state index is 0.0542. The third-order valence-corrected chi connectivity index (χ3v) is 3.44. The molecule has 20 heavy (non-hydrogen) atoms. The molecular formula is C15H21FN2O2. The van der Waals surface area contributed by atoms with Crippen molar-refractivity contribution in [2.75, 3.05) is 26.3 Å². The van der Waals surface area contributed by atoms with E-state index in [9.17, 15) is 9.18 Å². The van der Waals surface area contributed by atoms with Crippen LogP contribution in [0.2, 0.25) is 0 Å². The van der Waals surface area contributed by atoms with Gasteiger partial charge in [-0.1, -0.05) is 30.3 Å². The molecule has 1 aliphatic heterocycles. The minimum Gasteiger partial charge on any atom is -0.445 e. The number of benzene rings is 1. The lowest BCUT2D eigenvalue weighted by Gasteiger charge is -2.32. The smallest absolute Gasteiger partial charge is 0.407 e. The van der Waals surface area contributed by atoms with Crippen LogP contribution in [0.5, 0.6) is 0 Å². The summed E-state index contributed by atoms with van der Waals surface area (Å²) in [5.41, 5.74) is 0.963. The highest BCUT2D eigenvalue weighted by Crippen LogP contribution is 2.10. The molecule has 4 nitrogen and oxygen atoms in total. The molecule has 2 rings (SSSR count). The van der Waals surface area contributed by atoms with Crippen LogP contribution in [0.15, 0.2) is 30.3 Å². The first-order chi connectivity index (χ1) is 9.78. The Morgan fingerprint density at radius 1 is 1.40 bits per heavy atom. The molecule has 0 aromatic heterocycles. The van der Waals surface area contributed by atoms with Crippen LogP contribution in [0.3, 0.4) is 0 Å². The van der Waals surface area contributed by atoms with Crippen LogP contribution >= 0.6 is 0 Å². The molecule has 0 radical (unpaired) electrons. The van der Waals surface area contributed by atoms with Gasteiger partial charge in [0, 0.05) is 19.1 Å². The molecule has 1 N–H and O–H groups in total. The van der Waals surface area contributed by atoms with Crippen molar-refractivity contribution < 1.29 is 13.9 Å². The summed E-state index contributed by atoms with van der Waals surface area (Å²) in [5, 5.41) is 2.85. The fourth-order valence-electron chi connectivity index (χ4n) is 2.43. The lowest BCUT2D eigenvalue weighted by molar-refractivity contribution is 0.122. The number of nitrogens with one attached hydrogen (secondary N) is 1. The van der Waals surface area contributed by atoms with Gasteiger partial charge in [0.25, 0.3) is 0 Å². The summed E-state index contributed by atoms with van der Waals surface area (Å²) in [5.74, 6) is 0. The van der Waals surface area contributed by atoms with Crippen LogP contribution in [0.4, 0.5) is 9.18 Å². The van der Waals surface area contributed by atoms with E-state index in [0.29, 0.717) is 13.1 Å². The summed E-state index contributed by atoms with van der Waals surface area (Å²) in [6.07, 6.45) is 1.49. The zero-order chi connectivity index (χ0) is 14.2. The van der Waals surface area contributed by atoms with Gasteiger partial charge in [-0.2, -0.15) is 0 Å². The summed E-state index contributed by atoms with van der Waals surface area (Å²) in [6, 6.07) is 9.62. The van der Waals surface area contributed by atoms with Crippen molar-refractivity contribution in [1.82, 2.24) is 10.2 Å². The van der Waals surface area contributed by atoms with Gasteiger partial charge in [-0.25, -0.2) is 9.18 Å². The number of alkyl carbamates (subject to hydrolysis) is 1. The van der Waals surface area contributed by atoms with Crippen LogP contribution in [0.1, 0.15) is 18.4 Å². The van der Waals surface area contributed by atoms with Gasteiger partial charge in [0.2, 0.25) is 0 Å². The Kier molecular flexibility index (Phi) is 5.80. The van der Waals surface area contributed by atoms with Crippen LogP contribution in [0.25, 0.3) is 0 Å². The molecule has 1 fully saturated rings. The van der Waals surface area contributed by atoms with Gasteiger partial charge >= 0.3 is 6.09 Å². The van der Waals surface area contributed by atoms with Gasteiger partial charge in [-0.05, 0) is 24.9 Å². The zero-order valence-corrected chi connectivity index (χ0v) is 11.6. The summed E-state index contributed by atoms with van der Waals surface area (Å²) in [4.78, 5) is 13.8. The van der Waals surface area contributed by atoms with E-state index in [-0.39, 0.29) is 19.3 Å². The predicted molar refractivity (Wildman–Crippen MR) is 75.2 cm³/mol. The monoisotopic (exact) mass is 280 g/mol. The van der Waals surface area contributed by atoms with Crippen LogP contribution in [-0.4, -0.2) is 43.3 Å². The van der Waals surface area contributed by atoms with E-state index < -0.39 is 6.09 Å². The molecule has 110 valence electrons. The second-order valence-electron chi connectivity index (χ2n) is 5.03. The molecule has 1 aliphatic rings. The van der Waals surface area contributed by atoms with E-state index in [0.717, 1.165) is 24.9 Å². The number of amides is 1. The summed E-state index contributed by atoms with van der Waals surface area (Å²) in [7, 11) is 0. The number of carbonyl (C=O) groups excluding carboxylic acids is 1. The maximum absolute atomic E-state index is 12.3. The van der Waals surface area contributed by atoms with Gasteiger partial charge in [-0.3, -0.25) is 4.90 Å². The Labute approximate surface area is 118 Å². The third-order valence-electron chi connectivity index (χ3n) is 3.44. The molecule has 0 saturated carbocycles. The number of nitrogens with zero attached hydrogens (tertiary/aromatic N) is 1. The fourth-order valence-corrected chi connectivity index (χ4v) is 2.43. The SMILES string of the molecule is O=C(NC1CCCN(CCF)C1)OCc1ccccc1. The molecule has 1 heterocycles. The van der Waals surface area contributed by atoms with Crippen LogP contribution < -0.4 is 5.32 Å². The van der Waals surface area contributed by atoms with Crippen molar-refractivity contribution in [2.24, 2.45) is 0 Å². The first-order valence-electron chi connectivity index (χ1n) is 7.03. The first kappa shape index (κ1) is 14.8. The topological polar surface area (TPSA) is 41.6 Å². The fraction of sp³-hybridized carbons (Fsp3) is 0.533. The summed E-state index contributed by atoms with van der Waals surface area (Å²) < 4.78 is 17.5. The van der Waals surface area contributed by atoms with Gasteiger partial charge in [0.05, 0.1) is 0 Å². The van der Waals surface area contributed by atoms with Crippen molar-refractivity contribution >= 4 is 6.09 Å². The Morgan fingerprint density at radius 2 is 2.20 bits per heavy atom. The Balaban J connectivity index is 1.71. The standard InChI is InChI=1S/C15H21FN2O2/c16-8-10-18-9-4-7-14(11-18)17-15(19)20-12-13-5-2-1-3-6-13/h1-3,5-6,14H,4,7-12H2,(H,17,19). The number of piperidine rings is 1. The summed E-state index contributed by atoms with van der Waals surface area (Å²) in [6.45, 7) is 1.97. The molecule has 5 heteroatoms. The Morgan fingerprint density at radius 3 is 2.95 bits per heavy atom. The molecule has 0 aliphatic carbocycles. The molecule has 1 aromatic carbocycles. The molecule has 1 unspecified atom stereocenters. The third kappa shape index (κ3) is 4.81. The van der Waals surface area contributed by atoms with E-state index in [1.54, 1.807) is 0 Å². The molecule has 1 saturated heterocycles. The lowest BCUT2D eigenvalue weighted by atomic mass is 10.1. The number of alkyl halides is 1. The van der Waals surface area contributed by atoms with Crippen molar-refractivity contribution in [3.8, 4) is 0 Å². The highest BCUT2D eigenvalue weighted by Gasteiger charge is 2.21. The number of halogens is 1. The number of likely N-dealkylation sites (tertiary alicyclic amines) is 1. The van der Waals surface area contributed by atoms with E-state index in [1.165, 1.54) is 0 Å². The van der Waals surface area contributed by atoms with E-state index >= 15 is 0 Å². The second kappa shape index (κ2) is 7.85. The molecule has 1 atom stereocenters. The van der Waals surface area contributed by atoms with Crippen molar-refractivity contribution in [3.63, 3.8) is 0 Å². The number of hydrogen-bond donors (Lipinski definition) is 1. The molecule has 0 bridgehead atoms. The second-order valence-corrected chi connectivity index (χ2v) is 5.03. The molecule has 0 spiro atoms.